The van der Waals surface area contributed by atoms with Crippen molar-refractivity contribution in [2.24, 2.45) is 0 Å². The normalized spacial score (nSPS) is 17.8. The topological polar surface area (TPSA) is 68.2 Å². The Balaban J connectivity index is 1.62. The van der Waals surface area contributed by atoms with E-state index in [9.17, 15) is 4.79 Å². The van der Waals surface area contributed by atoms with Crippen LogP contribution in [-0.2, 0) is 4.74 Å². The first-order valence-corrected chi connectivity index (χ1v) is 7.83. The lowest BCUT2D eigenvalue weighted by atomic mass is 10.1. The standard InChI is InChI=1S/C18H16N4O2/c23-18(17-14-4-2-1-3-13(14)5-6-21-17)22-9-10-24-16(12-22)15-11-19-7-8-20-15/h1-8,11,16H,9-10,12H2/t16-/m1/s1. The number of nitrogens with zero attached hydrogens (tertiary/aromatic N) is 4. The van der Waals surface area contributed by atoms with Gasteiger partial charge in [-0.15, -0.1) is 0 Å². The first kappa shape index (κ1) is 14.7. The summed E-state index contributed by atoms with van der Waals surface area (Å²) < 4.78 is 5.75. The molecule has 1 atom stereocenters. The van der Waals surface area contributed by atoms with Crippen molar-refractivity contribution < 1.29 is 9.53 Å². The summed E-state index contributed by atoms with van der Waals surface area (Å²) in [5, 5.41) is 1.88. The van der Waals surface area contributed by atoms with Crippen molar-refractivity contribution in [3.05, 3.63) is 66.5 Å². The van der Waals surface area contributed by atoms with Gasteiger partial charge in [0.25, 0.3) is 5.91 Å². The minimum Gasteiger partial charge on any atom is -0.368 e. The molecule has 2 aromatic heterocycles. The molecule has 0 N–H and O–H groups in total. The van der Waals surface area contributed by atoms with Crippen LogP contribution in [0.15, 0.2) is 55.1 Å². The van der Waals surface area contributed by atoms with Gasteiger partial charge < -0.3 is 9.64 Å². The molecule has 0 bridgehead atoms. The molecule has 120 valence electrons. The number of pyridine rings is 1. The third-order valence-corrected chi connectivity index (χ3v) is 4.14. The zero-order valence-corrected chi connectivity index (χ0v) is 13.0. The van der Waals surface area contributed by atoms with Gasteiger partial charge >= 0.3 is 0 Å². The van der Waals surface area contributed by atoms with Gasteiger partial charge in [0.2, 0.25) is 0 Å². The van der Waals surface area contributed by atoms with E-state index in [-0.39, 0.29) is 12.0 Å². The van der Waals surface area contributed by atoms with E-state index in [1.807, 2.05) is 30.3 Å². The van der Waals surface area contributed by atoms with Crippen LogP contribution in [-0.4, -0.2) is 45.5 Å². The number of benzene rings is 1. The van der Waals surface area contributed by atoms with Gasteiger partial charge in [-0.1, -0.05) is 24.3 Å². The number of morpholine rings is 1. The lowest BCUT2D eigenvalue weighted by Crippen LogP contribution is -2.42. The summed E-state index contributed by atoms with van der Waals surface area (Å²) in [7, 11) is 0. The second-order valence-electron chi connectivity index (χ2n) is 5.62. The number of carbonyl (C=O) groups excluding carboxylic acids is 1. The molecular formula is C18H16N4O2. The van der Waals surface area contributed by atoms with Gasteiger partial charge in [-0.05, 0) is 11.5 Å². The van der Waals surface area contributed by atoms with Crippen molar-refractivity contribution in [3.63, 3.8) is 0 Å². The first-order chi connectivity index (χ1) is 11.8. The second-order valence-corrected chi connectivity index (χ2v) is 5.62. The molecule has 1 fully saturated rings. The molecule has 1 aliphatic heterocycles. The first-order valence-electron chi connectivity index (χ1n) is 7.83. The summed E-state index contributed by atoms with van der Waals surface area (Å²) in [6, 6.07) is 9.69. The predicted octanol–water partition coefficient (Wildman–Crippen LogP) is 2.24. The minimum absolute atomic E-state index is 0.0796. The molecule has 3 heterocycles. The maximum Gasteiger partial charge on any atom is 0.273 e. The SMILES string of the molecule is O=C(c1nccc2ccccc12)N1CCO[C@@H](c2cnccn2)C1. The van der Waals surface area contributed by atoms with E-state index in [2.05, 4.69) is 15.0 Å². The van der Waals surface area contributed by atoms with E-state index in [0.717, 1.165) is 16.5 Å². The van der Waals surface area contributed by atoms with Gasteiger partial charge in [0.15, 0.2) is 0 Å². The van der Waals surface area contributed by atoms with Crippen LogP contribution in [0.5, 0.6) is 0 Å². The Morgan fingerprint density at radius 2 is 2.04 bits per heavy atom. The third-order valence-electron chi connectivity index (χ3n) is 4.14. The van der Waals surface area contributed by atoms with Gasteiger partial charge in [-0.3, -0.25) is 19.7 Å². The lowest BCUT2D eigenvalue weighted by Gasteiger charge is -2.32. The second kappa shape index (κ2) is 6.33. The van der Waals surface area contributed by atoms with E-state index in [4.69, 9.17) is 4.74 Å². The summed E-state index contributed by atoms with van der Waals surface area (Å²) in [4.78, 5) is 27.4. The largest absolute Gasteiger partial charge is 0.368 e. The molecule has 1 aliphatic rings. The molecular weight excluding hydrogens is 304 g/mol. The quantitative estimate of drug-likeness (QED) is 0.724. The molecule has 0 saturated carbocycles. The molecule has 0 spiro atoms. The maximum atomic E-state index is 13.0. The number of hydrogen-bond acceptors (Lipinski definition) is 5. The molecule has 1 saturated heterocycles. The molecule has 0 radical (unpaired) electrons. The van der Waals surface area contributed by atoms with Crippen LogP contribution in [0.1, 0.15) is 22.3 Å². The summed E-state index contributed by atoms with van der Waals surface area (Å²) in [6.45, 7) is 1.46. The fourth-order valence-corrected chi connectivity index (χ4v) is 2.93. The lowest BCUT2D eigenvalue weighted by molar-refractivity contribution is -0.0250. The Labute approximate surface area is 139 Å². The Hall–Kier alpha value is -2.86. The van der Waals surface area contributed by atoms with Crippen LogP contribution in [0.4, 0.5) is 0 Å². The van der Waals surface area contributed by atoms with Crippen molar-refractivity contribution in [1.29, 1.82) is 0 Å². The maximum absolute atomic E-state index is 13.0. The minimum atomic E-state index is -0.258. The van der Waals surface area contributed by atoms with Crippen LogP contribution >= 0.6 is 0 Å². The highest BCUT2D eigenvalue weighted by Crippen LogP contribution is 2.23. The number of hydrogen-bond donors (Lipinski definition) is 0. The highest BCUT2D eigenvalue weighted by Gasteiger charge is 2.28. The monoisotopic (exact) mass is 320 g/mol. The van der Waals surface area contributed by atoms with Crippen molar-refractivity contribution in [1.82, 2.24) is 19.9 Å². The smallest absolute Gasteiger partial charge is 0.273 e. The van der Waals surface area contributed by atoms with Crippen LogP contribution < -0.4 is 0 Å². The van der Waals surface area contributed by atoms with Crippen LogP contribution in [0.25, 0.3) is 10.8 Å². The molecule has 6 nitrogen and oxygen atoms in total. The summed E-state index contributed by atoms with van der Waals surface area (Å²) in [5.41, 5.74) is 1.22. The third kappa shape index (κ3) is 2.72. The fourth-order valence-electron chi connectivity index (χ4n) is 2.93. The molecule has 24 heavy (non-hydrogen) atoms. The molecule has 6 heteroatoms. The van der Waals surface area contributed by atoms with Crippen molar-refractivity contribution >= 4 is 16.7 Å². The Morgan fingerprint density at radius 3 is 2.92 bits per heavy atom. The van der Waals surface area contributed by atoms with E-state index >= 15 is 0 Å². The molecule has 0 unspecified atom stereocenters. The fraction of sp³-hybridized carbons (Fsp3) is 0.222. The average molecular weight is 320 g/mol. The van der Waals surface area contributed by atoms with Gasteiger partial charge in [-0.25, -0.2) is 0 Å². The van der Waals surface area contributed by atoms with Gasteiger partial charge in [-0.2, -0.15) is 0 Å². The van der Waals surface area contributed by atoms with Crippen LogP contribution in [0.3, 0.4) is 0 Å². The summed E-state index contributed by atoms with van der Waals surface area (Å²) in [6.07, 6.45) is 6.35. The molecule has 1 amide bonds. The Morgan fingerprint density at radius 1 is 1.12 bits per heavy atom. The zero-order chi connectivity index (χ0) is 16.4. The Bertz CT molecular complexity index is 864. The van der Waals surface area contributed by atoms with Gasteiger partial charge in [0.1, 0.15) is 11.8 Å². The highest BCUT2D eigenvalue weighted by atomic mass is 16.5. The molecule has 1 aromatic carbocycles. The summed E-state index contributed by atoms with van der Waals surface area (Å²) >= 11 is 0. The van der Waals surface area contributed by atoms with Crippen molar-refractivity contribution in [2.75, 3.05) is 19.7 Å². The molecule has 0 aliphatic carbocycles. The number of fused-ring (bicyclic) bond motifs is 1. The number of carbonyl (C=O) groups is 1. The van der Waals surface area contributed by atoms with Gasteiger partial charge in [0.05, 0.1) is 25.0 Å². The van der Waals surface area contributed by atoms with Crippen LogP contribution in [0, 0.1) is 0 Å². The van der Waals surface area contributed by atoms with Crippen molar-refractivity contribution in [2.45, 2.75) is 6.10 Å². The van der Waals surface area contributed by atoms with E-state index < -0.39 is 0 Å². The number of amides is 1. The zero-order valence-electron chi connectivity index (χ0n) is 13.0. The highest BCUT2D eigenvalue weighted by molar-refractivity contribution is 6.05. The van der Waals surface area contributed by atoms with E-state index in [0.29, 0.717) is 25.4 Å². The van der Waals surface area contributed by atoms with Crippen molar-refractivity contribution in [3.8, 4) is 0 Å². The summed E-state index contributed by atoms with van der Waals surface area (Å²) in [5.74, 6) is -0.0796. The van der Waals surface area contributed by atoms with Gasteiger partial charge in [0, 0.05) is 30.5 Å². The number of aromatic nitrogens is 3. The van der Waals surface area contributed by atoms with Crippen LogP contribution in [0.2, 0.25) is 0 Å². The molecule has 4 rings (SSSR count). The molecule has 3 aromatic rings. The Kier molecular flexibility index (Phi) is 3.88. The number of rotatable bonds is 2. The average Bonchev–Trinajstić information content (AvgIpc) is 2.68. The van der Waals surface area contributed by atoms with E-state index in [1.54, 1.807) is 29.7 Å². The predicted molar refractivity (Wildman–Crippen MR) is 88.4 cm³/mol. The number of ether oxygens (including phenoxy) is 1. The van der Waals surface area contributed by atoms with E-state index in [1.165, 1.54) is 0 Å².